The molecule has 104 valence electrons. The lowest BCUT2D eigenvalue weighted by Gasteiger charge is -2.05. The van der Waals surface area contributed by atoms with Crippen molar-refractivity contribution < 1.29 is 17.1 Å². The first-order chi connectivity index (χ1) is 8.78. The van der Waals surface area contributed by atoms with Gasteiger partial charge in [0.1, 0.15) is 5.75 Å². The van der Waals surface area contributed by atoms with E-state index in [1.54, 1.807) is 7.11 Å². The van der Waals surface area contributed by atoms with Gasteiger partial charge in [0.15, 0.2) is 0 Å². The summed E-state index contributed by atoms with van der Waals surface area (Å²) in [7, 11) is 1.69. The number of benzene rings is 1. The Morgan fingerprint density at radius 2 is 1.84 bits per heavy atom. The fourth-order valence-electron chi connectivity index (χ4n) is 1.82. The Morgan fingerprint density at radius 1 is 1.11 bits per heavy atom. The summed E-state index contributed by atoms with van der Waals surface area (Å²) in [6, 6.07) is 12.6. The van der Waals surface area contributed by atoms with Gasteiger partial charge in [-0.15, -0.1) is 11.3 Å². The molecule has 0 unspecified atom stereocenters. The fraction of sp³-hybridized carbons (Fsp3) is 0.333. The molecule has 0 amide bonds. The number of methoxy groups -OCH3 is 1. The lowest BCUT2D eigenvalue weighted by atomic mass is 10.1. The maximum absolute atomic E-state index is 5.14. The molecule has 0 saturated heterocycles. The molecule has 1 heterocycles. The van der Waals surface area contributed by atoms with Crippen LogP contribution in [-0.4, -0.2) is 13.7 Å². The quantitative estimate of drug-likeness (QED) is 0.779. The van der Waals surface area contributed by atoms with Crippen molar-refractivity contribution >= 4 is 11.3 Å². The molecule has 2 aromatic rings. The Labute approximate surface area is 125 Å². The average molecular weight is 297 g/mol. The van der Waals surface area contributed by atoms with E-state index in [1.807, 2.05) is 23.5 Å². The number of halogens is 1. The van der Waals surface area contributed by atoms with Crippen molar-refractivity contribution in [2.75, 3.05) is 13.7 Å². The lowest BCUT2D eigenvalue weighted by molar-refractivity contribution is -0.00000401. The Hall–Kier alpha value is -1.03. The van der Waals surface area contributed by atoms with Crippen LogP contribution in [-0.2, 0) is 13.0 Å². The highest BCUT2D eigenvalue weighted by atomic mass is 35.5. The van der Waals surface area contributed by atoms with Crippen LogP contribution in [0.3, 0.4) is 0 Å². The second kappa shape index (κ2) is 8.20. The van der Waals surface area contributed by atoms with Gasteiger partial charge in [-0.3, -0.25) is 0 Å². The van der Waals surface area contributed by atoms with Crippen molar-refractivity contribution in [3.63, 3.8) is 0 Å². The summed E-state index contributed by atoms with van der Waals surface area (Å²) in [5.74, 6) is 0.917. The molecular formula is C15H19ClNOS-. The highest BCUT2D eigenvalue weighted by molar-refractivity contribution is 7.11. The van der Waals surface area contributed by atoms with Gasteiger partial charge in [0.2, 0.25) is 0 Å². The fourth-order valence-corrected chi connectivity index (χ4v) is 2.68. The van der Waals surface area contributed by atoms with Gasteiger partial charge in [-0.05, 0) is 49.7 Å². The third-order valence-corrected chi connectivity index (χ3v) is 3.85. The van der Waals surface area contributed by atoms with Gasteiger partial charge >= 0.3 is 0 Å². The minimum absolute atomic E-state index is 0. The van der Waals surface area contributed by atoms with E-state index in [9.17, 15) is 0 Å². The van der Waals surface area contributed by atoms with Crippen LogP contribution in [0.15, 0.2) is 36.4 Å². The van der Waals surface area contributed by atoms with E-state index in [4.69, 9.17) is 4.74 Å². The number of hydrogen-bond donors (Lipinski definition) is 1. The number of aryl methyl sites for hydroxylation is 1. The molecule has 0 spiro atoms. The molecule has 2 nitrogen and oxygen atoms in total. The number of hydrogen-bond acceptors (Lipinski definition) is 3. The van der Waals surface area contributed by atoms with E-state index < -0.39 is 0 Å². The van der Waals surface area contributed by atoms with Crippen molar-refractivity contribution in [3.8, 4) is 5.75 Å². The molecule has 0 aliphatic rings. The highest BCUT2D eigenvalue weighted by Gasteiger charge is 1.97. The minimum Gasteiger partial charge on any atom is -1.00 e. The standard InChI is InChI=1S/C15H19NOS.ClH/c1-12-3-8-15(18-12)11-16-10-9-13-4-6-14(17-2)7-5-13;/h3-8,16H,9-11H2,1-2H3;1H/p-1. The second-order valence-corrected chi connectivity index (χ2v) is 5.66. The van der Waals surface area contributed by atoms with Gasteiger partial charge in [-0.25, -0.2) is 0 Å². The predicted molar refractivity (Wildman–Crippen MR) is 77.5 cm³/mol. The van der Waals surface area contributed by atoms with E-state index in [0.717, 1.165) is 25.3 Å². The Balaban J connectivity index is 0.00000180. The Morgan fingerprint density at radius 3 is 2.42 bits per heavy atom. The second-order valence-electron chi connectivity index (χ2n) is 4.29. The van der Waals surface area contributed by atoms with Gasteiger partial charge in [0.25, 0.3) is 0 Å². The summed E-state index contributed by atoms with van der Waals surface area (Å²) in [5, 5.41) is 3.47. The molecule has 19 heavy (non-hydrogen) atoms. The lowest BCUT2D eigenvalue weighted by Crippen LogP contribution is -3.00. The summed E-state index contributed by atoms with van der Waals surface area (Å²) in [6.45, 7) is 4.11. The number of ether oxygens (including phenoxy) is 1. The highest BCUT2D eigenvalue weighted by Crippen LogP contribution is 2.14. The number of nitrogens with one attached hydrogen (secondary N) is 1. The third kappa shape index (κ3) is 5.23. The van der Waals surface area contributed by atoms with E-state index >= 15 is 0 Å². The van der Waals surface area contributed by atoms with Gasteiger partial charge in [-0.2, -0.15) is 0 Å². The third-order valence-electron chi connectivity index (χ3n) is 2.84. The van der Waals surface area contributed by atoms with Crippen LogP contribution >= 0.6 is 11.3 Å². The van der Waals surface area contributed by atoms with Gasteiger partial charge in [0.05, 0.1) is 7.11 Å². The molecule has 1 N–H and O–H groups in total. The summed E-state index contributed by atoms with van der Waals surface area (Å²) >= 11 is 1.86. The molecule has 2 rings (SSSR count). The first kappa shape index (κ1) is 16.0. The van der Waals surface area contributed by atoms with Gasteiger partial charge in [0, 0.05) is 16.3 Å². The molecule has 0 aliphatic heterocycles. The maximum atomic E-state index is 5.14. The van der Waals surface area contributed by atoms with Crippen LogP contribution in [0.4, 0.5) is 0 Å². The van der Waals surface area contributed by atoms with Crippen molar-refractivity contribution in [2.45, 2.75) is 19.9 Å². The summed E-state index contributed by atoms with van der Waals surface area (Å²) in [5.41, 5.74) is 1.34. The molecule has 0 atom stereocenters. The van der Waals surface area contributed by atoms with E-state index in [2.05, 4.69) is 36.5 Å². The first-order valence-electron chi connectivity index (χ1n) is 6.17. The van der Waals surface area contributed by atoms with Crippen molar-refractivity contribution in [2.24, 2.45) is 0 Å². The molecule has 1 aromatic carbocycles. The van der Waals surface area contributed by atoms with E-state index in [-0.39, 0.29) is 12.4 Å². The first-order valence-corrected chi connectivity index (χ1v) is 6.98. The van der Waals surface area contributed by atoms with Crippen molar-refractivity contribution in [1.82, 2.24) is 5.32 Å². The van der Waals surface area contributed by atoms with Crippen LogP contribution in [0.5, 0.6) is 5.75 Å². The topological polar surface area (TPSA) is 21.3 Å². The van der Waals surface area contributed by atoms with E-state index in [0.29, 0.717) is 0 Å². The maximum Gasteiger partial charge on any atom is 0.118 e. The summed E-state index contributed by atoms with van der Waals surface area (Å²) < 4.78 is 5.14. The zero-order valence-electron chi connectivity index (χ0n) is 11.3. The van der Waals surface area contributed by atoms with E-state index in [1.165, 1.54) is 15.3 Å². The van der Waals surface area contributed by atoms with Crippen LogP contribution in [0.2, 0.25) is 0 Å². The number of rotatable bonds is 6. The zero-order chi connectivity index (χ0) is 12.8. The van der Waals surface area contributed by atoms with Gasteiger partial charge < -0.3 is 22.5 Å². The van der Waals surface area contributed by atoms with Gasteiger partial charge in [-0.1, -0.05) is 12.1 Å². The largest absolute Gasteiger partial charge is 1.00 e. The van der Waals surface area contributed by atoms with Crippen LogP contribution in [0, 0.1) is 6.92 Å². The van der Waals surface area contributed by atoms with Crippen molar-refractivity contribution in [1.29, 1.82) is 0 Å². The average Bonchev–Trinajstić information content (AvgIpc) is 2.81. The smallest absolute Gasteiger partial charge is 0.118 e. The SMILES string of the molecule is COc1ccc(CCNCc2ccc(C)s2)cc1.[Cl-]. The van der Waals surface area contributed by atoms with Crippen LogP contribution in [0.25, 0.3) is 0 Å². The molecule has 1 aromatic heterocycles. The Kier molecular flexibility index (Phi) is 6.92. The van der Waals surface area contributed by atoms with Crippen molar-refractivity contribution in [3.05, 3.63) is 51.7 Å². The molecular weight excluding hydrogens is 278 g/mol. The number of thiophene rings is 1. The summed E-state index contributed by atoms with van der Waals surface area (Å²) in [4.78, 5) is 2.78. The van der Waals surface area contributed by atoms with Crippen LogP contribution in [0.1, 0.15) is 15.3 Å². The Bertz CT molecular complexity index is 481. The monoisotopic (exact) mass is 296 g/mol. The normalized spacial score (nSPS) is 10.0. The molecule has 4 heteroatoms. The molecule has 0 saturated carbocycles. The summed E-state index contributed by atoms with van der Waals surface area (Å²) in [6.07, 6.45) is 1.05. The minimum atomic E-state index is 0. The zero-order valence-corrected chi connectivity index (χ0v) is 12.9. The molecule has 0 bridgehead atoms. The molecule has 0 radical (unpaired) electrons. The molecule has 0 fully saturated rings. The molecule has 0 aliphatic carbocycles. The predicted octanol–water partition coefficient (Wildman–Crippen LogP) is 0.401. The van der Waals surface area contributed by atoms with Crippen LogP contribution < -0.4 is 22.5 Å².